The fraction of sp³-hybridized carbons (Fsp3) is 0.588. The van der Waals surface area contributed by atoms with E-state index in [2.05, 4.69) is 10.8 Å². The van der Waals surface area contributed by atoms with Crippen molar-refractivity contribution in [2.24, 2.45) is 5.92 Å². The molecule has 1 aliphatic heterocycles. The van der Waals surface area contributed by atoms with Gasteiger partial charge in [-0.3, -0.25) is 15.5 Å². The Morgan fingerprint density at radius 3 is 2.91 bits per heavy atom. The van der Waals surface area contributed by atoms with Crippen molar-refractivity contribution in [1.82, 2.24) is 5.32 Å². The molecule has 1 heterocycles. The number of hydrogen-bond donors (Lipinski definition) is 3. The van der Waals surface area contributed by atoms with E-state index in [1.807, 2.05) is 39.0 Å². The van der Waals surface area contributed by atoms with Gasteiger partial charge in [0.15, 0.2) is 0 Å². The van der Waals surface area contributed by atoms with Crippen LogP contribution in [0.5, 0.6) is 0 Å². The fourth-order valence-electron chi connectivity index (χ4n) is 2.61. The standard InChI is InChI=1S/C17H26N2O4/c1-17(2,3)23-16(20)14(15-11-18-7-8-22-15)10-12-5-4-6-13(9-12)19-21/h4-6,9,14-15,18-19,21H,7-8,10-11H2,1-3H3. The average Bonchev–Trinajstić information content (AvgIpc) is 2.52. The minimum Gasteiger partial charge on any atom is -0.460 e. The molecule has 0 saturated carbocycles. The molecule has 2 unspecified atom stereocenters. The summed E-state index contributed by atoms with van der Waals surface area (Å²) >= 11 is 0. The smallest absolute Gasteiger partial charge is 0.312 e. The predicted octanol–water partition coefficient (Wildman–Crippen LogP) is 1.98. The Kier molecular flexibility index (Phi) is 5.98. The molecule has 1 aromatic carbocycles. The van der Waals surface area contributed by atoms with Crippen molar-refractivity contribution in [3.63, 3.8) is 0 Å². The van der Waals surface area contributed by atoms with Crippen LogP contribution in [0.3, 0.4) is 0 Å². The van der Waals surface area contributed by atoms with E-state index in [9.17, 15) is 4.79 Å². The lowest BCUT2D eigenvalue weighted by molar-refractivity contribution is -0.166. The molecule has 0 aliphatic carbocycles. The second kappa shape index (κ2) is 7.77. The zero-order valence-corrected chi connectivity index (χ0v) is 14.0. The van der Waals surface area contributed by atoms with Crippen LogP contribution in [0, 0.1) is 5.92 Å². The molecule has 2 rings (SSSR count). The van der Waals surface area contributed by atoms with Gasteiger partial charge < -0.3 is 14.8 Å². The van der Waals surface area contributed by atoms with Gasteiger partial charge in [-0.05, 0) is 44.9 Å². The first-order chi connectivity index (χ1) is 10.9. The van der Waals surface area contributed by atoms with Crippen LogP contribution in [0.4, 0.5) is 5.69 Å². The molecule has 128 valence electrons. The fourth-order valence-corrected chi connectivity index (χ4v) is 2.61. The molecule has 2 atom stereocenters. The lowest BCUT2D eigenvalue weighted by Gasteiger charge is -2.32. The highest BCUT2D eigenvalue weighted by molar-refractivity contribution is 5.74. The van der Waals surface area contributed by atoms with Crippen LogP contribution in [-0.2, 0) is 20.7 Å². The number of morpholine rings is 1. The Balaban J connectivity index is 2.16. The maximum atomic E-state index is 12.6. The highest BCUT2D eigenvalue weighted by atomic mass is 16.6. The third kappa shape index (κ3) is 5.49. The van der Waals surface area contributed by atoms with E-state index in [-0.39, 0.29) is 12.1 Å². The molecule has 1 saturated heterocycles. The number of hydrogen-bond acceptors (Lipinski definition) is 6. The van der Waals surface area contributed by atoms with E-state index in [1.54, 1.807) is 6.07 Å². The summed E-state index contributed by atoms with van der Waals surface area (Å²) in [4.78, 5) is 12.6. The summed E-state index contributed by atoms with van der Waals surface area (Å²) in [6.45, 7) is 7.58. The number of carbonyl (C=O) groups is 1. The molecular weight excluding hydrogens is 296 g/mol. The maximum Gasteiger partial charge on any atom is 0.312 e. The first-order valence-electron chi connectivity index (χ1n) is 7.93. The topological polar surface area (TPSA) is 79.8 Å². The number of carbonyl (C=O) groups excluding carboxylic acids is 1. The number of esters is 1. The van der Waals surface area contributed by atoms with E-state index >= 15 is 0 Å². The number of anilines is 1. The number of benzene rings is 1. The molecule has 1 aromatic rings. The maximum absolute atomic E-state index is 12.6. The van der Waals surface area contributed by atoms with Gasteiger partial charge in [0.2, 0.25) is 0 Å². The van der Waals surface area contributed by atoms with Gasteiger partial charge in [-0.1, -0.05) is 12.1 Å². The lowest BCUT2D eigenvalue weighted by Crippen LogP contribution is -2.47. The van der Waals surface area contributed by atoms with Gasteiger partial charge in [-0.15, -0.1) is 0 Å². The van der Waals surface area contributed by atoms with Crippen molar-refractivity contribution in [3.8, 4) is 0 Å². The summed E-state index contributed by atoms with van der Waals surface area (Å²) in [6, 6.07) is 7.33. The van der Waals surface area contributed by atoms with Gasteiger partial charge in [0, 0.05) is 13.1 Å². The van der Waals surface area contributed by atoms with Gasteiger partial charge in [0.1, 0.15) is 5.60 Å². The number of nitrogens with one attached hydrogen (secondary N) is 2. The van der Waals surface area contributed by atoms with Gasteiger partial charge in [-0.2, -0.15) is 0 Å². The zero-order valence-electron chi connectivity index (χ0n) is 14.0. The highest BCUT2D eigenvalue weighted by Crippen LogP contribution is 2.22. The Morgan fingerprint density at radius 1 is 1.52 bits per heavy atom. The van der Waals surface area contributed by atoms with Crippen LogP contribution >= 0.6 is 0 Å². The molecule has 0 amide bonds. The largest absolute Gasteiger partial charge is 0.460 e. The van der Waals surface area contributed by atoms with Gasteiger partial charge in [0.05, 0.1) is 24.3 Å². The molecule has 0 bridgehead atoms. The first-order valence-corrected chi connectivity index (χ1v) is 7.93. The van der Waals surface area contributed by atoms with E-state index in [0.717, 1.165) is 12.1 Å². The van der Waals surface area contributed by atoms with E-state index in [0.29, 0.717) is 25.3 Å². The molecule has 6 heteroatoms. The van der Waals surface area contributed by atoms with Crippen LogP contribution in [0.1, 0.15) is 26.3 Å². The molecule has 1 fully saturated rings. The monoisotopic (exact) mass is 322 g/mol. The molecule has 3 N–H and O–H groups in total. The molecule has 0 radical (unpaired) electrons. The third-order valence-electron chi connectivity index (χ3n) is 3.63. The molecule has 1 aliphatic rings. The zero-order chi connectivity index (χ0) is 16.9. The predicted molar refractivity (Wildman–Crippen MR) is 87.5 cm³/mol. The van der Waals surface area contributed by atoms with Crippen LogP contribution in [0.15, 0.2) is 24.3 Å². The second-order valence-electron chi connectivity index (χ2n) is 6.77. The Morgan fingerprint density at radius 2 is 2.30 bits per heavy atom. The number of rotatable bonds is 5. The third-order valence-corrected chi connectivity index (χ3v) is 3.63. The molecule has 0 spiro atoms. The molecule has 0 aromatic heterocycles. The van der Waals surface area contributed by atoms with Crippen molar-refractivity contribution < 1.29 is 19.5 Å². The number of ether oxygens (including phenoxy) is 2. The first kappa shape index (κ1) is 17.7. The summed E-state index contributed by atoms with van der Waals surface area (Å²) < 4.78 is 11.3. The average molecular weight is 322 g/mol. The summed E-state index contributed by atoms with van der Waals surface area (Å²) in [6.07, 6.45) is 0.279. The quantitative estimate of drug-likeness (QED) is 0.568. The van der Waals surface area contributed by atoms with Crippen LogP contribution in [-0.4, -0.2) is 42.6 Å². The van der Waals surface area contributed by atoms with Crippen LogP contribution in [0.2, 0.25) is 0 Å². The van der Waals surface area contributed by atoms with Crippen molar-refractivity contribution in [1.29, 1.82) is 0 Å². The van der Waals surface area contributed by atoms with Crippen LogP contribution < -0.4 is 10.8 Å². The summed E-state index contributed by atoms with van der Waals surface area (Å²) in [7, 11) is 0. The second-order valence-corrected chi connectivity index (χ2v) is 6.77. The summed E-state index contributed by atoms with van der Waals surface area (Å²) in [5.41, 5.74) is 3.12. The molecule has 6 nitrogen and oxygen atoms in total. The van der Waals surface area contributed by atoms with E-state index < -0.39 is 11.5 Å². The lowest BCUT2D eigenvalue weighted by atomic mass is 9.92. The van der Waals surface area contributed by atoms with E-state index in [1.165, 1.54) is 0 Å². The minimum atomic E-state index is -0.536. The minimum absolute atomic E-state index is 0.218. The summed E-state index contributed by atoms with van der Waals surface area (Å²) in [5.74, 6) is -0.649. The normalized spacial score (nSPS) is 19.9. The van der Waals surface area contributed by atoms with Crippen molar-refractivity contribution in [2.45, 2.75) is 38.9 Å². The van der Waals surface area contributed by atoms with Crippen molar-refractivity contribution >= 4 is 11.7 Å². The van der Waals surface area contributed by atoms with Gasteiger partial charge >= 0.3 is 5.97 Å². The van der Waals surface area contributed by atoms with E-state index in [4.69, 9.17) is 14.7 Å². The SMILES string of the molecule is CC(C)(C)OC(=O)C(Cc1cccc(NO)c1)C1CNCCO1. The van der Waals surface area contributed by atoms with Gasteiger partial charge in [0.25, 0.3) is 0 Å². The summed E-state index contributed by atoms with van der Waals surface area (Å²) in [5, 5.41) is 12.3. The highest BCUT2D eigenvalue weighted by Gasteiger charge is 2.34. The molecular formula is C17H26N2O4. The van der Waals surface area contributed by atoms with Crippen molar-refractivity contribution in [3.05, 3.63) is 29.8 Å². The van der Waals surface area contributed by atoms with Crippen LogP contribution in [0.25, 0.3) is 0 Å². The Labute approximate surface area is 137 Å². The van der Waals surface area contributed by atoms with Crippen molar-refractivity contribution in [2.75, 3.05) is 25.2 Å². The molecule has 23 heavy (non-hydrogen) atoms. The Bertz CT molecular complexity index is 522. The Hall–Kier alpha value is -1.63. The van der Waals surface area contributed by atoms with Gasteiger partial charge in [-0.25, -0.2) is 0 Å².